The Bertz CT molecular complexity index is 322. The van der Waals surface area contributed by atoms with Gasteiger partial charge in [-0.15, -0.1) is 0 Å². The third kappa shape index (κ3) is 3.68. The summed E-state index contributed by atoms with van der Waals surface area (Å²) in [6, 6.07) is 1.06. The van der Waals surface area contributed by atoms with Crippen LogP contribution in [0.15, 0.2) is 0 Å². The summed E-state index contributed by atoms with van der Waals surface area (Å²) in [5, 5.41) is 12.5. The fourth-order valence-electron chi connectivity index (χ4n) is 3.41. The van der Waals surface area contributed by atoms with Crippen molar-refractivity contribution < 1.29 is 9.90 Å². The van der Waals surface area contributed by atoms with E-state index in [9.17, 15) is 9.90 Å². The maximum atomic E-state index is 11.3. The minimum atomic E-state index is -0.739. The molecular formula is C14H27N3O2. The largest absolute Gasteiger partial charge is 0.480 e. The average Bonchev–Trinajstić information content (AvgIpc) is 2.55. The van der Waals surface area contributed by atoms with Gasteiger partial charge in [0, 0.05) is 31.2 Å². The molecule has 19 heavy (non-hydrogen) atoms. The van der Waals surface area contributed by atoms with Gasteiger partial charge < -0.3 is 10.4 Å². The van der Waals surface area contributed by atoms with Crippen molar-refractivity contribution in [1.82, 2.24) is 15.1 Å². The second-order valence-corrected chi connectivity index (χ2v) is 6.31. The Labute approximate surface area is 115 Å². The van der Waals surface area contributed by atoms with Crippen LogP contribution in [-0.4, -0.2) is 71.7 Å². The van der Waals surface area contributed by atoms with Gasteiger partial charge in [-0.2, -0.15) is 0 Å². The molecule has 0 radical (unpaired) electrons. The summed E-state index contributed by atoms with van der Waals surface area (Å²) < 4.78 is 0. The highest BCUT2D eigenvalue weighted by atomic mass is 16.4. The van der Waals surface area contributed by atoms with Crippen molar-refractivity contribution in [2.75, 3.05) is 26.7 Å². The van der Waals surface area contributed by atoms with Crippen molar-refractivity contribution in [2.24, 2.45) is 0 Å². The molecule has 2 heterocycles. The number of nitrogens with zero attached hydrogens (tertiary/aromatic N) is 2. The number of carboxylic acids is 1. The lowest BCUT2D eigenvalue weighted by Gasteiger charge is -2.29. The molecule has 0 aliphatic carbocycles. The Morgan fingerprint density at radius 2 is 2.00 bits per heavy atom. The molecule has 3 unspecified atom stereocenters. The van der Waals surface area contributed by atoms with E-state index in [2.05, 4.69) is 22.2 Å². The van der Waals surface area contributed by atoms with Gasteiger partial charge in [-0.25, -0.2) is 0 Å². The van der Waals surface area contributed by atoms with Crippen LogP contribution >= 0.6 is 0 Å². The predicted molar refractivity (Wildman–Crippen MR) is 75.3 cm³/mol. The molecule has 2 saturated heterocycles. The van der Waals surface area contributed by atoms with E-state index in [0.29, 0.717) is 18.6 Å². The molecular weight excluding hydrogens is 242 g/mol. The topological polar surface area (TPSA) is 55.8 Å². The molecule has 0 aromatic rings. The predicted octanol–water partition coefficient (Wildman–Crippen LogP) is 0.606. The Balaban J connectivity index is 1.92. The lowest BCUT2D eigenvalue weighted by atomic mass is 10.1. The van der Waals surface area contributed by atoms with Gasteiger partial charge in [0.05, 0.1) is 0 Å². The Morgan fingerprint density at radius 3 is 2.63 bits per heavy atom. The van der Waals surface area contributed by atoms with Gasteiger partial charge in [0.1, 0.15) is 6.04 Å². The monoisotopic (exact) mass is 269 g/mol. The molecule has 2 rings (SSSR count). The molecule has 0 aromatic heterocycles. The number of fused-ring (bicyclic) bond motifs is 2. The number of nitrogens with one attached hydrogen (secondary N) is 1. The molecule has 5 heteroatoms. The number of likely N-dealkylation sites (N-methyl/N-ethyl adjacent to an activating group) is 1. The summed E-state index contributed by atoms with van der Waals surface area (Å²) in [5.41, 5.74) is 0. The minimum Gasteiger partial charge on any atom is -0.480 e. The first kappa shape index (κ1) is 14.8. The number of carbonyl (C=O) groups is 1. The zero-order valence-electron chi connectivity index (χ0n) is 12.3. The summed E-state index contributed by atoms with van der Waals surface area (Å²) in [6.07, 6.45) is 3.73. The molecule has 5 nitrogen and oxygen atoms in total. The van der Waals surface area contributed by atoms with Crippen LogP contribution < -0.4 is 5.32 Å². The standard InChI is InChI=1S/C14H27N3O2/c1-10(2)15-13(14(18)19)9-17-7-6-11-4-5-12(8-17)16(11)3/h10-13,15H,4-9H2,1-3H3,(H,18,19). The quantitative estimate of drug-likeness (QED) is 0.766. The molecule has 0 amide bonds. The number of carboxylic acid groups (broad SMARTS) is 1. The van der Waals surface area contributed by atoms with Crippen molar-refractivity contribution in [3.05, 3.63) is 0 Å². The third-order valence-corrected chi connectivity index (χ3v) is 4.51. The number of hydrogen-bond donors (Lipinski definition) is 2. The molecule has 110 valence electrons. The number of hydrogen-bond acceptors (Lipinski definition) is 4. The summed E-state index contributed by atoms with van der Waals surface area (Å²) in [5.74, 6) is -0.739. The minimum absolute atomic E-state index is 0.201. The molecule has 2 fully saturated rings. The molecule has 2 bridgehead atoms. The second kappa shape index (κ2) is 6.20. The van der Waals surface area contributed by atoms with E-state index >= 15 is 0 Å². The zero-order chi connectivity index (χ0) is 14.0. The van der Waals surface area contributed by atoms with Crippen LogP contribution in [0.5, 0.6) is 0 Å². The van der Waals surface area contributed by atoms with Crippen LogP contribution in [0.1, 0.15) is 33.1 Å². The van der Waals surface area contributed by atoms with Crippen LogP contribution in [0.4, 0.5) is 0 Å². The fourth-order valence-corrected chi connectivity index (χ4v) is 3.41. The first-order valence-corrected chi connectivity index (χ1v) is 7.40. The van der Waals surface area contributed by atoms with E-state index < -0.39 is 12.0 Å². The van der Waals surface area contributed by atoms with Crippen LogP contribution in [0.3, 0.4) is 0 Å². The Hall–Kier alpha value is -0.650. The van der Waals surface area contributed by atoms with Gasteiger partial charge >= 0.3 is 5.97 Å². The van der Waals surface area contributed by atoms with Crippen molar-refractivity contribution in [3.8, 4) is 0 Å². The van der Waals surface area contributed by atoms with Gasteiger partial charge in [0.25, 0.3) is 0 Å². The summed E-state index contributed by atoms with van der Waals surface area (Å²) in [7, 11) is 2.22. The molecule has 3 atom stereocenters. The van der Waals surface area contributed by atoms with Crippen molar-refractivity contribution in [1.29, 1.82) is 0 Å². The number of rotatable bonds is 5. The van der Waals surface area contributed by atoms with Gasteiger partial charge in [-0.1, -0.05) is 13.8 Å². The van der Waals surface area contributed by atoms with E-state index in [1.54, 1.807) is 0 Å². The van der Waals surface area contributed by atoms with Crippen LogP contribution in [-0.2, 0) is 4.79 Å². The lowest BCUT2D eigenvalue weighted by molar-refractivity contribution is -0.140. The smallest absolute Gasteiger partial charge is 0.322 e. The maximum absolute atomic E-state index is 11.3. The van der Waals surface area contributed by atoms with E-state index in [1.807, 2.05) is 13.8 Å². The maximum Gasteiger partial charge on any atom is 0.322 e. The van der Waals surface area contributed by atoms with Gasteiger partial charge in [0.15, 0.2) is 0 Å². The molecule has 2 N–H and O–H groups in total. The zero-order valence-corrected chi connectivity index (χ0v) is 12.3. The Morgan fingerprint density at radius 1 is 1.32 bits per heavy atom. The van der Waals surface area contributed by atoms with Gasteiger partial charge in [-0.05, 0) is 32.9 Å². The highest BCUT2D eigenvalue weighted by Crippen LogP contribution is 2.28. The van der Waals surface area contributed by atoms with Crippen molar-refractivity contribution in [2.45, 2.75) is 57.3 Å². The summed E-state index contributed by atoms with van der Waals surface area (Å²) in [4.78, 5) is 16.1. The average molecular weight is 269 g/mol. The summed E-state index contributed by atoms with van der Waals surface area (Å²) >= 11 is 0. The van der Waals surface area contributed by atoms with E-state index in [-0.39, 0.29) is 6.04 Å². The van der Waals surface area contributed by atoms with E-state index in [0.717, 1.165) is 13.1 Å². The normalized spacial score (nSPS) is 30.5. The van der Waals surface area contributed by atoms with Gasteiger partial charge in [0.2, 0.25) is 0 Å². The molecule has 0 saturated carbocycles. The molecule has 2 aliphatic heterocycles. The molecule has 2 aliphatic rings. The summed E-state index contributed by atoms with van der Waals surface area (Å²) in [6.45, 7) is 6.64. The highest BCUT2D eigenvalue weighted by molar-refractivity contribution is 5.73. The molecule has 0 spiro atoms. The van der Waals surface area contributed by atoms with Crippen LogP contribution in [0.25, 0.3) is 0 Å². The Kier molecular flexibility index (Phi) is 4.81. The lowest BCUT2D eigenvalue weighted by Crippen LogP contribution is -2.50. The van der Waals surface area contributed by atoms with Gasteiger partial charge in [-0.3, -0.25) is 14.6 Å². The number of likely N-dealkylation sites (tertiary alicyclic amines) is 1. The van der Waals surface area contributed by atoms with E-state index in [4.69, 9.17) is 0 Å². The van der Waals surface area contributed by atoms with Crippen LogP contribution in [0, 0.1) is 0 Å². The second-order valence-electron chi connectivity index (χ2n) is 6.31. The first-order valence-electron chi connectivity index (χ1n) is 7.40. The third-order valence-electron chi connectivity index (χ3n) is 4.51. The number of aliphatic carboxylic acids is 1. The molecule has 0 aromatic carbocycles. The van der Waals surface area contributed by atoms with Crippen molar-refractivity contribution in [3.63, 3.8) is 0 Å². The highest BCUT2D eigenvalue weighted by Gasteiger charge is 2.35. The SMILES string of the molecule is CC(C)NC(CN1CCC2CCC(C1)N2C)C(=O)O. The fraction of sp³-hybridized carbons (Fsp3) is 0.929. The van der Waals surface area contributed by atoms with Crippen LogP contribution in [0.2, 0.25) is 0 Å². The van der Waals surface area contributed by atoms with E-state index in [1.165, 1.54) is 19.3 Å². The first-order chi connectivity index (χ1) is 8.97. The van der Waals surface area contributed by atoms with Crippen molar-refractivity contribution >= 4 is 5.97 Å².